The zero-order valence-corrected chi connectivity index (χ0v) is 9.39. The van der Waals surface area contributed by atoms with Crippen LogP contribution in [0.4, 0.5) is 0 Å². The summed E-state index contributed by atoms with van der Waals surface area (Å²) >= 11 is 0. The zero-order valence-electron chi connectivity index (χ0n) is 9.39. The van der Waals surface area contributed by atoms with E-state index in [1.807, 2.05) is 0 Å². The molecule has 1 aliphatic rings. The van der Waals surface area contributed by atoms with Crippen LogP contribution in [-0.2, 0) is 0 Å². The van der Waals surface area contributed by atoms with Crippen molar-refractivity contribution in [3.63, 3.8) is 0 Å². The van der Waals surface area contributed by atoms with Crippen LogP contribution >= 0.6 is 0 Å². The third-order valence-electron chi connectivity index (χ3n) is 3.09. The monoisotopic (exact) mass is 179 g/mol. The molecule has 1 nitrogen and oxygen atoms in total. The Labute approximate surface area is 81.7 Å². The van der Waals surface area contributed by atoms with Crippen LogP contribution in [0.1, 0.15) is 34.6 Å². The first-order chi connectivity index (χ1) is 5.84. The Balaban J connectivity index is 3.01. The van der Waals surface area contributed by atoms with Gasteiger partial charge in [-0.05, 0) is 17.4 Å². The predicted octanol–water partition coefficient (Wildman–Crippen LogP) is 3.09. The standard InChI is InChI=1S/C12H21N/c1-8-9(2)11(13)7-6-10(8)12(3,4)5/h6-9H,13H2,1-5H3. The maximum Gasteiger partial charge on any atom is 0.0115 e. The van der Waals surface area contributed by atoms with Gasteiger partial charge in [-0.2, -0.15) is 0 Å². The lowest BCUT2D eigenvalue weighted by Gasteiger charge is -2.34. The summed E-state index contributed by atoms with van der Waals surface area (Å²) < 4.78 is 0. The molecule has 0 radical (unpaired) electrons. The van der Waals surface area contributed by atoms with Crippen molar-refractivity contribution in [3.8, 4) is 0 Å². The Hall–Kier alpha value is -0.720. The molecule has 0 bridgehead atoms. The summed E-state index contributed by atoms with van der Waals surface area (Å²) in [7, 11) is 0. The fourth-order valence-corrected chi connectivity index (χ4v) is 1.98. The topological polar surface area (TPSA) is 26.0 Å². The van der Waals surface area contributed by atoms with Gasteiger partial charge in [0.1, 0.15) is 0 Å². The minimum absolute atomic E-state index is 0.269. The maximum absolute atomic E-state index is 5.89. The van der Waals surface area contributed by atoms with E-state index in [0.717, 1.165) is 5.70 Å². The number of rotatable bonds is 0. The van der Waals surface area contributed by atoms with Crippen molar-refractivity contribution in [2.24, 2.45) is 23.0 Å². The van der Waals surface area contributed by atoms with Crippen LogP contribution in [-0.4, -0.2) is 0 Å². The lowest BCUT2D eigenvalue weighted by Crippen LogP contribution is -2.27. The van der Waals surface area contributed by atoms with E-state index < -0.39 is 0 Å². The second-order valence-corrected chi connectivity index (χ2v) is 5.12. The molecular formula is C12H21N. The molecule has 0 aromatic rings. The molecule has 2 unspecified atom stereocenters. The van der Waals surface area contributed by atoms with Crippen molar-refractivity contribution in [2.45, 2.75) is 34.6 Å². The van der Waals surface area contributed by atoms with Gasteiger partial charge < -0.3 is 5.73 Å². The van der Waals surface area contributed by atoms with Gasteiger partial charge in [0.25, 0.3) is 0 Å². The number of hydrogen-bond acceptors (Lipinski definition) is 1. The van der Waals surface area contributed by atoms with Gasteiger partial charge >= 0.3 is 0 Å². The molecule has 2 atom stereocenters. The van der Waals surface area contributed by atoms with E-state index in [1.54, 1.807) is 0 Å². The summed E-state index contributed by atoms with van der Waals surface area (Å²) in [4.78, 5) is 0. The third kappa shape index (κ3) is 1.96. The minimum atomic E-state index is 0.269. The molecule has 1 aliphatic carbocycles. The highest BCUT2D eigenvalue weighted by molar-refractivity contribution is 5.29. The normalized spacial score (nSPS) is 29.6. The Morgan fingerprint density at radius 1 is 1.08 bits per heavy atom. The van der Waals surface area contributed by atoms with Crippen LogP contribution in [0, 0.1) is 17.3 Å². The van der Waals surface area contributed by atoms with Crippen molar-refractivity contribution in [1.82, 2.24) is 0 Å². The summed E-state index contributed by atoms with van der Waals surface area (Å²) in [6.45, 7) is 11.3. The van der Waals surface area contributed by atoms with Crippen LogP contribution in [0.5, 0.6) is 0 Å². The molecule has 0 heterocycles. The second-order valence-electron chi connectivity index (χ2n) is 5.12. The summed E-state index contributed by atoms with van der Waals surface area (Å²) in [5.74, 6) is 1.06. The van der Waals surface area contributed by atoms with Gasteiger partial charge in [-0.25, -0.2) is 0 Å². The Morgan fingerprint density at radius 3 is 2.08 bits per heavy atom. The molecule has 2 N–H and O–H groups in total. The predicted molar refractivity (Wildman–Crippen MR) is 58.1 cm³/mol. The first-order valence-corrected chi connectivity index (χ1v) is 5.01. The van der Waals surface area contributed by atoms with Gasteiger partial charge in [-0.1, -0.05) is 46.3 Å². The van der Waals surface area contributed by atoms with Crippen molar-refractivity contribution >= 4 is 0 Å². The Morgan fingerprint density at radius 2 is 1.62 bits per heavy atom. The summed E-state index contributed by atoms with van der Waals surface area (Å²) in [5.41, 5.74) is 8.68. The van der Waals surface area contributed by atoms with Gasteiger partial charge in [0.2, 0.25) is 0 Å². The fraction of sp³-hybridized carbons (Fsp3) is 0.667. The van der Waals surface area contributed by atoms with Gasteiger partial charge in [0.15, 0.2) is 0 Å². The van der Waals surface area contributed by atoms with Crippen LogP contribution in [0.3, 0.4) is 0 Å². The van der Waals surface area contributed by atoms with Gasteiger partial charge in [0.05, 0.1) is 0 Å². The molecule has 0 aromatic carbocycles. The smallest absolute Gasteiger partial charge is 0.0115 e. The molecular weight excluding hydrogens is 158 g/mol. The van der Waals surface area contributed by atoms with Gasteiger partial charge in [-0.3, -0.25) is 0 Å². The molecule has 0 amide bonds. The highest BCUT2D eigenvalue weighted by atomic mass is 14.6. The molecule has 0 spiro atoms. The average molecular weight is 179 g/mol. The van der Waals surface area contributed by atoms with Crippen LogP contribution in [0.15, 0.2) is 23.4 Å². The van der Waals surface area contributed by atoms with Crippen molar-refractivity contribution < 1.29 is 0 Å². The van der Waals surface area contributed by atoms with Crippen molar-refractivity contribution in [3.05, 3.63) is 23.4 Å². The van der Waals surface area contributed by atoms with Crippen molar-refractivity contribution in [2.75, 3.05) is 0 Å². The number of nitrogens with two attached hydrogens (primary N) is 1. The fourth-order valence-electron chi connectivity index (χ4n) is 1.98. The van der Waals surface area contributed by atoms with Crippen LogP contribution in [0.25, 0.3) is 0 Å². The van der Waals surface area contributed by atoms with E-state index in [2.05, 4.69) is 46.8 Å². The average Bonchev–Trinajstić information content (AvgIpc) is 1.98. The molecule has 0 fully saturated rings. The lowest BCUT2D eigenvalue weighted by atomic mass is 9.72. The summed E-state index contributed by atoms with van der Waals surface area (Å²) in [6.07, 6.45) is 4.26. The maximum atomic E-state index is 5.89. The Kier molecular flexibility index (Phi) is 2.56. The Bertz CT molecular complexity index is 253. The van der Waals surface area contributed by atoms with E-state index in [1.165, 1.54) is 5.57 Å². The molecule has 0 saturated carbocycles. The van der Waals surface area contributed by atoms with Crippen LogP contribution < -0.4 is 5.73 Å². The van der Waals surface area contributed by atoms with E-state index in [4.69, 9.17) is 5.73 Å². The molecule has 1 heteroatoms. The molecule has 0 aromatic heterocycles. The van der Waals surface area contributed by atoms with Gasteiger partial charge in [-0.15, -0.1) is 0 Å². The van der Waals surface area contributed by atoms with E-state index >= 15 is 0 Å². The number of hydrogen-bond donors (Lipinski definition) is 1. The highest BCUT2D eigenvalue weighted by Gasteiger charge is 2.28. The molecule has 1 rings (SSSR count). The van der Waals surface area contributed by atoms with E-state index in [9.17, 15) is 0 Å². The second kappa shape index (κ2) is 3.21. The molecule has 0 aliphatic heterocycles. The highest BCUT2D eigenvalue weighted by Crippen LogP contribution is 2.38. The molecule has 13 heavy (non-hydrogen) atoms. The molecule has 0 saturated heterocycles. The summed E-state index contributed by atoms with van der Waals surface area (Å²) in [6, 6.07) is 0. The SMILES string of the molecule is CC1C(N)=CC=C(C(C)(C)C)C1C. The van der Waals surface area contributed by atoms with Crippen LogP contribution in [0.2, 0.25) is 0 Å². The molecule has 74 valence electrons. The minimum Gasteiger partial charge on any atom is -0.402 e. The largest absolute Gasteiger partial charge is 0.402 e. The number of allylic oxidation sites excluding steroid dienone is 4. The van der Waals surface area contributed by atoms with Crippen molar-refractivity contribution in [1.29, 1.82) is 0 Å². The van der Waals surface area contributed by atoms with E-state index in [-0.39, 0.29) is 5.41 Å². The summed E-state index contributed by atoms with van der Waals surface area (Å²) in [5, 5.41) is 0. The quantitative estimate of drug-likeness (QED) is 0.607. The lowest BCUT2D eigenvalue weighted by molar-refractivity contribution is 0.377. The van der Waals surface area contributed by atoms with Gasteiger partial charge in [0, 0.05) is 11.6 Å². The third-order valence-corrected chi connectivity index (χ3v) is 3.09. The van der Waals surface area contributed by atoms with E-state index in [0.29, 0.717) is 11.8 Å². The first-order valence-electron chi connectivity index (χ1n) is 5.01. The first kappa shape index (κ1) is 10.4. The zero-order chi connectivity index (χ0) is 10.2.